The smallest absolute Gasteiger partial charge is 0.317 e. The second-order valence-electron chi connectivity index (χ2n) is 5.87. The fourth-order valence-corrected chi connectivity index (χ4v) is 2.63. The van der Waals surface area contributed by atoms with Crippen molar-refractivity contribution in [1.82, 2.24) is 0 Å². The molecule has 136 valence electrons. The molecule has 0 bridgehead atoms. The van der Waals surface area contributed by atoms with Crippen LogP contribution < -0.4 is 4.74 Å². The Kier molecular flexibility index (Phi) is 7.60. The second kappa shape index (κ2) is 8.97. The van der Waals surface area contributed by atoms with Gasteiger partial charge < -0.3 is 14.6 Å². The van der Waals surface area contributed by atoms with E-state index in [1.807, 2.05) is 13.8 Å². The molecule has 24 heavy (non-hydrogen) atoms. The zero-order chi connectivity index (χ0) is 18.3. The lowest BCUT2D eigenvalue weighted by atomic mass is 9.78. The molecule has 6 heteroatoms. The average Bonchev–Trinajstić information content (AvgIpc) is 2.55. The van der Waals surface area contributed by atoms with Crippen molar-refractivity contribution in [2.24, 2.45) is 5.92 Å². The highest BCUT2D eigenvalue weighted by Gasteiger charge is 2.48. The van der Waals surface area contributed by atoms with E-state index in [4.69, 9.17) is 4.74 Å². The maximum absolute atomic E-state index is 13.5. The Hall–Kier alpha value is -1.69. The van der Waals surface area contributed by atoms with E-state index < -0.39 is 23.9 Å². The minimum absolute atomic E-state index is 0.0165. The quantitative estimate of drug-likeness (QED) is 0.690. The summed E-state index contributed by atoms with van der Waals surface area (Å²) >= 11 is 0. The summed E-state index contributed by atoms with van der Waals surface area (Å²) in [7, 11) is 1.03. The molecule has 4 nitrogen and oxygen atoms in total. The number of alkyl halides is 2. The van der Waals surface area contributed by atoms with Crippen molar-refractivity contribution >= 4 is 5.97 Å². The first kappa shape index (κ1) is 20.4. The van der Waals surface area contributed by atoms with Crippen LogP contribution in [0.25, 0.3) is 0 Å². The van der Waals surface area contributed by atoms with Gasteiger partial charge in [0.15, 0.2) is 5.92 Å². The summed E-state index contributed by atoms with van der Waals surface area (Å²) in [5.74, 6) is -2.48. The lowest BCUT2D eigenvalue weighted by molar-refractivity contribution is -0.170. The number of rotatable bonds is 9. The molecule has 0 saturated carbocycles. The summed E-state index contributed by atoms with van der Waals surface area (Å²) in [6, 6.07) is 6.27. The first-order valence-electron chi connectivity index (χ1n) is 8.15. The van der Waals surface area contributed by atoms with Gasteiger partial charge in [0.1, 0.15) is 11.4 Å². The van der Waals surface area contributed by atoms with E-state index in [1.165, 1.54) is 12.1 Å². The van der Waals surface area contributed by atoms with Gasteiger partial charge in [-0.3, -0.25) is 4.79 Å². The SMILES string of the molecule is CCCC(O)(c1ccc(OC(C)CC)cc1)C(C(=O)OC)C(F)F. The third kappa shape index (κ3) is 4.66. The van der Waals surface area contributed by atoms with E-state index in [0.717, 1.165) is 13.5 Å². The molecule has 0 radical (unpaired) electrons. The number of hydrogen-bond donors (Lipinski definition) is 1. The van der Waals surface area contributed by atoms with Crippen LogP contribution in [0.4, 0.5) is 8.78 Å². The molecule has 0 amide bonds. The molecule has 3 atom stereocenters. The van der Waals surface area contributed by atoms with Gasteiger partial charge in [0.2, 0.25) is 0 Å². The van der Waals surface area contributed by atoms with Crippen molar-refractivity contribution in [3.63, 3.8) is 0 Å². The van der Waals surface area contributed by atoms with E-state index in [0.29, 0.717) is 12.2 Å². The number of carbonyl (C=O) groups is 1. The minimum atomic E-state index is -3.04. The lowest BCUT2D eigenvalue weighted by Gasteiger charge is -2.34. The highest BCUT2D eigenvalue weighted by Crippen LogP contribution is 2.39. The molecule has 1 N–H and O–H groups in total. The van der Waals surface area contributed by atoms with Crippen LogP contribution in [0.15, 0.2) is 24.3 Å². The zero-order valence-corrected chi connectivity index (χ0v) is 14.6. The Morgan fingerprint density at radius 2 is 1.83 bits per heavy atom. The van der Waals surface area contributed by atoms with Crippen LogP contribution in [0.2, 0.25) is 0 Å². The van der Waals surface area contributed by atoms with Crippen molar-refractivity contribution in [3.05, 3.63) is 29.8 Å². The third-order valence-electron chi connectivity index (χ3n) is 4.12. The molecule has 0 aliphatic carbocycles. The van der Waals surface area contributed by atoms with Crippen LogP contribution in [0.5, 0.6) is 5.75 Å². The molecule has 0 spiro atoms. The maximum atomic E-state index is 13.5. The molecule has 0 heterocycles. The highest BCUT2D eigenvalue weighted by molar-refractivity contribution is 5.74. The standard InChI is InChI=1S/C18H26F2O4/c1-5-11-18(22,15(16(19)20)17(21)23-4)13-7-9-14(10-8-13)24-12(3)6-2/h7-10,12,15-16,22H,5-6,11H2,1-4H3. The van der Waals surface area contributed by atoms with Crippen molar-refractivity contribution in [2.75, 3.05) is 7.11 Å². The largest absolute Gasteiger partial charge is 0.491 e. The number of hydrogen-bond acceptors (Lipinski definition) is 4. The van der Waals surface area contributed by atoms with Crippen LogP contribution in [0, 0.1) is 5.92 Å². The Balaban J connectivity index is 3.19. The van der Waals surface area contributed by atoms with E-state index in [9.17, 15) is 18.7 Å². The second-order valence-corrected chi connectivity index (χ2v) is 5.87. The van der Waals surface area contributed by atoms with E-state index in [-0.39, 0.29) is 18.1 Å². The van der Waals surface area contributed by atoms with Crippen molar-refractivity contribution in [1.29, 1.82) is 0 Å². The number of aliphatic hydroxyl groups is 1. The van der Waals surface area contributed by atoms with Crippen molar-refractivity contribution in [3.8, 4) is 5.75 Å². The van der Waals surface area contributed by atoms with Crippen molar-refractivity contribution in [2.45, 2.75) is 58.2 Å². The topological polar surface area (TPSA) is 55.8 Å². The van der Waals surface area contributed by atoms with Crippen LogP contribution in [0.3, 0.4) is 0 Å². The first-order valence-corrected chi connectivity index (χ1v) is 8.15. The summed E-state index contributed by atoms with van der Waals surface area (Å²) < 4.78 is 37.0. The Bertz CT molecular complexity index is 518. The normalized spacial score (nSPS) is 16.3. The third-order valence-corrected chi connectivity index (χ3v) is 4.12. The summed E-state index contributed by atoms with van der Waals surface area (Å²) in [5, 5.41) is 10.9. The van der Waals surface area contributed by atoms with Crippen molar-refractivity contribution < 1.29 is 28.2 Å². The molecule has 0 aliphatic rings. The molecule has 0 aliphatic heterocycles. The molecule has 1 rings (SSSR count). The van der Waals surface area contributed by atoms with Gasteiger partial charge in [-0.25, -0.2) is 8.78 Å². The van der Waals surface area contributed by atoms with E-state index in [1.54, 1.807) is 19.1 Å². The fourth-order valence-electron chi connectivity index (χ4n) is 2.63. The number of halogens is 2. The monoisotopic (exact) mass is 344 g/mol. The molecule has 0 saturated heterocycles. The Labute approximate surface area is 141 Å². The number of carbonyl (C=O) groups excluding carboxylic acids is 1. The van der Waals surface area contributed by atoms with Gasteiger partial charge in [-0.15, -0.1) is 0 Å². The van der Waals surface area contributed by atoms with Gasteiger partial charge in [-0.2, -0.15) is 0 Å². The van der Waals surface area contributed by atoms with Gasteiger partial charge in [0.25, 0.3) is 6.43 Å². The van der Waals surface area contributed by atoms with Gasteiger partial charge >= 0.3 is 5.97 Å². The Morgan fingerprint density at radius 3 is 2.25 bits per heavy atom. The highest BCUT2D eigenvalue weighted by atomic mass is 19.3. The molecular formula is C18H26F2O4. The zero-order valence-electron chi connectivity index (χ0n) is 14.6. The van der Waals surface area contributed by atoms with Gasteiger partial charge in [0, 0.05) is 0 Å². The molecule has 0 aromatic heterocycles. The lowest BCUT2D eigenvalue weighted by Crippen LogP contribution is -2.44. The van der Waals surface area contributed by atoms with Crippen LogP contribution in [0.1, 0.15) is 45.6 Å². The Morgan fingerprint density at radius 1 is 1.25 bits per heavy atom. The fraction of sp³-hybridized carbons (Fsp3) is 0.611. The minimum Gasteiger partial charge on any atom is -0.491 e. The summed E-state index contributed by atoms with van der Waals surface area (Å²) in [6.07, 6.45) is -1.73. The summed E-state index contributed by atoms with van der Waals surface area (Å²) in [6.45, 7) is 5.67. The van der Waals surface area contributed by atoms with Crippen LogP contribution >= 0.6 is 0 Å². The summed E-state index contributed by atoms with van der Waals surface area (Å²) in [5.41, 5.74) is -1.75. The number of benzene rings is 1. The number of esters is 1. The molecular weight excluding hydrogens is 318 g/mol. The predicted molar refractivity (Wildman–Crippen MR) is 87.1 cm³/mol. The van der Waals surface area contributed by atoms with Crippen LogP contribution in [-0.4, -0.2) is 30.7 Å². The van der Waals surface area contributed by atoms with Gasteiger partial charge in [-0.05, 0) is 37.5 Å². The van der Waals surface area contributed by atoms with Crippen LogP contribution in [-0.2, 0) is 15.1 Å². The van der Waals surface area contributed by atoms with E-state index in [2.05, 4.69) is 4.74 Å². The number of methoxy groups -OCH3 is 1. The predicted octanol–water partition coefficient (Wildman–Crippen LogP) is 3.91. The average molecular weight is 344 g/mol. The summed E-state index contributed by atoms with van der Waals surface area (Å²) in [4.78, 5) is 11.8. The van der Waals surface area contributed by atoms with E-state index >= 15 is 0 Å². The van der Waals surface area contributed by atoms with Gasteiger partial charge in [0.05, 0.1) is 13.2 Å². The first-order chi connectivity index (χ1) is 11.3. The molecule has 3 unspecified atom stereocenters. The van der Waals surface area contributed by atoms with Gasteiger partial charge in [-0.1, -0.05) is 32.4 Å². The molecule has 0 fully saturated rings. The molecule has 1 aromatic carbocycles. The molecule has 1 aromatic rings. The number of ether oxygens (including phenoxy) is 2. The maximum Gasteiger partial charge on any atom is 0.317 e.